The normalized spacial score (nSPS) is 6.83. The van der Waals surface area contributed by atoms with Crippen LogP contribution in [0.4, 0.5) is 0 Å². The third-order valence-corrected chi connectivity index (χ3v) is 1.19. The summed E-state index contributed by atoms with van der Waals surface area (Å²) >= 11 is 0. The second-order valence-corrected chi connectivity index (χ2v) is 1.91. The molecule has 1 heterocycles. The quantitative estimate of drug-likeness (QED) is 0.572. The average molecular weight is 165 g/mol. The fourth-order valence-electron chi connectivity index (χ4n) is 0.689. The number of aryl methyl sites for hydroxylation is 2. The van der Waals surface area contributed by atoms with E-state index in [-0.39, 0.29) is 0 Å². The van der Waals surface area contributed by atoms with Gasteiger partial charge in [-0.25, -0.2) is 19.7 Å². The lowest BCUT2D eigenvalue weighted by molar-refractivity contribution is -0.671. The molecule has 0 fully saturated rings. The van der Waals surface area contributed by atoms with Gasteiger partial charge in [0.15, 0.2) is 0 Å². The Morgan fingerprint density at radius 1 is 1.33 bits per heavy atom. The van der Waals surface area contributed by atoms with Crippen molar-refractivity contribution in [2.75, 3.05) is 0 Å². The first-order valence-electron chi connectivity index (χ1n) is 3.35. The van der Waals surface area contributed by atoms with Crippen LogP contribution in [0, 0.1) is 23.7 Å². The molecule has 12 heavy (non-hydrogen) atoms. The molecule has 0 atom stereocenters. The van der Waals surface area contributed by atoms with E-state index in [4.69, 9.17) is 10.5 Å². The number of aromatic nitrogens is 2. The first-order valence-corrected chi connectivity index (χ1v) is 3.35. The van der Waals surface area contributed by atoms with Gasteiger partial charge in [0.2, 0.25) is 6.33 Å². The van der Waals surface area contributed by atoms with E-state index in [2.05, 4.69) is 37.2 Å². The molecule has 0 spiro atoms. The highest BCUT2D eigenvalue weighted by Crippen LogP contribution is 1.79. The molecule has 0 aliphatic heterocycles. The highest BCUT2D eigenvalue weighted by Gasteiger charge is 1.92. The predicted molar refractivity (Wildman–Crippen MR) is 44.6 cm³/mol. The predicted octanol–water partition coefficient (Wildman–Crippen LogP) is 0.612. The molecule has 0 unspecified atom stereocenters. The Hall–Kier alpha value is -1.81. The second kappa shape index (κ2) is 9.19. The van der Waals surface area contributed by atoms with Crippen LogP contribution in [0.15, 0.2) is 18.7 Å². The Morgan fingerprint density at radius 3 is 2.00 bits per heavy atom. The maximum absolute atomic E-state index is 6.50. The van der Waals surface area contributed by atoms with Crippen molar-refractivity contribution in [2.24, 2.45) is 7.05 Å². The van der Waals surface area contributed by atoms with E-state index in [1.54, 1.807) is 0 Å². The zero-order valence-electron chi connectivity index (χ0n) is 7.38. The van der Waals surface area contributed by atoms with E-state index >= 15 is 0 Å². The van der Waals surface area contributed by atoms with Gasteiger partial charge in [0.1, 0.15) is 12.4 Å². The fraction of sp³-hybridized carbons (Fsp3) is 0.375. The smallest absolute Gasteiger partial charge is 0.240 e. The van der Waals surface area contributed by atoms with E-state index in [9.17, 15) is 0 Å². The summed E-state index contributed by atoms with van der Waals surface area (Å²) in [5.41, 5.74) is 0. The van der Waals surface area contributed by atoms with Crippen LogP contribution in [0.1, 0.15) is 6.92 Å². The molecule has 0 aliphatic carbocycles. The van der Waals surface area contributed by atoms with Gasteiger partial charge >= 0.3 is 0 Å². The van der Waals surface area contributed by atoms with Crippen molar-refractivity contribution in [1.82, 2.24) is 4.57 Å². The van der Waals surface area contributed by atoms with Crippen LogP contribution in [0.2, 0.25) is 0 Å². The molecular formula is C8H13N4+. The van der Waals surface area contributed by atoms with E-state index in [0.717, 1.165) is 6.54 Å². The molecule has 0 aliphatic rings. The molecule has 0 saturated carbocycles. The molecule has 0 aromatic carbocycles. The molecule has 64 valence electrons. The first-order chi connectivity index (χ1) is 5.83. The van der Waals surface area contributed by atoms with Gasteiger partial charge in [0, 0.05) is 13.1 Å². The van der Waals surface area contributed by atoms with E-state index < -0.39 is 0 Å². The number of rotatable bonds is 1. The van der Waals surface area contributed by atoms with E-state index in [0.29, 0.717) is 0 Å². The topological polar surface area (TPSA) is 56.4 Å². The first kappa shape index (κ1) is 12.8. The Balaban J connectivity index is 0. The molecule has 0 N–H and O–H groups in total. The van der Waals surface area contributed by atoms with E-state index in [1.165, 1.54) is 0 Å². The molecule has 0 saturated heterocycles. The summed E-state index contributed by atoms with van der Waals surface area (Å²) in [6, 6.07) is 0. The molecule has 1 rings (SSSR count). The van der Waals surface area contributed by atoms with Gasteiger partial charge in [-0.1, -0.05) is 0 Å². The molecule has 0 radical (unpaired) electrons. The van der Waals surface area contributed by atoms with Gasteiger partial charge in [-0.15, -0.1) is 0 Å². The Morgan fingerprint density at radius 2 is 1.83 bits per heavy atom. The summed E-state index contributed by atoms with van der Waals surface area (Å²) < 4.78 is 4.16. The SMILES string of the molecule is C#N.C#N.CCn1cc[n+](C)c1. The van der Waals surface area contributed by atoms with Crippen molar-refractivity contribution in [3.63, 3.8) is 0 Å². The molecule has 1 aromatic rings. The number of hydrogen-bond acceptors (Lipinski definition) is 2. The third kappa shape index (κ3) is 5.01. The lowest BCUT2D eigenvalue weighted by Gasteiger charge is -1.81. The lowest BCUT2D eigenvalue weighted by atomic mass is 10.7. The Labute approximate surface area is 72.9 Å². The summed E-state index contributed by atoms with van der Waals surface area (Å²) in [7, 11) is 2.02. The van der Waals surface area contributed by atoms with Gasteiger partial charge < -0.3 is 0 Å². The van der Waals surface area contributed by atoms with Crippen LogP contribution >= 0.6 is 0 Å². The fourth-order valence-corrected chi connectivity index (χ4v) is 0.689. The average Bonchev–Trinajstić information content (AvgIpc) is 2.58. The van der Waals surface area contributed by atoms with Gasteiger partial charge in [-0.3, -0.25) is 0 Å². The number of imidazole rings is 1. The Kier molecular flexibility index (Phi) is 9.83. The zero-order chi connectivity index (χ0) is 9.98. The van der Waals surface area contributed by atoms with Gasteiger partial charge in [-0.2, -0.15) is 0 Å². The highest BCUT2D eigenvalue weighted by molar-refractivity contribution is 4.63. The lowest BCUT2D eigenvalue weighted by Crippen LogP contribution is -2.23. The molecule has 1 aromatic heterocycles. The largest absolute Gasteiger partial charge is 0.243 e. The van der Waals surface area contributed by atoms with Crippen LogP contribution < -0.4 is 4.57 Å². The minimum Gasteiger partial charge on any atom is -0.240 e. The van der Waals surface area contributed by atoms with Crippen LogP contribution in [0.3, 0.4) is 0 Å². The van der Waals surface area contributed by atoms with Gasteiger partial charge in [-0.05, 0) is 6.92 Å². The highest BCUT2D eigenvalue weighted by atomic mass is 15.1. The number of nitriles is 2. The van der Waals surface area contributed by atoms with Gasteiger partial charge in [0.25, 0.3) is 0 Å². The van der Waals surface area contributed by atoms with Crippen molar-refractivity contribution in [2.45, 2.75) is 13.5 Å². The monoisotopic (exact) mass is 165 g/mol. The molecule has 0 amide bonds. The minimum absolute atomic E-state index is 1.06. The van der Waals surface area contributed by atoms with Crippen LogP contribution in [-0.4, -0.2) is 4.57 Å². The number of hydrogen-bond donors (Lipinski definition) is 0. The minimum atomic E-state index is 1.06. The van der Waals surface area contributed by atoms with Crippen molar-refractivity contribution >= 4 is 0 Å². The standard InChI is InChI=1S/C6H11N2.2CHN/c1-3-8-5-4-7(2)6-8;2*1-2/h4-6H,3H2,1-2H3;2*1H/q+1;;. The molecule has 4 nitrogen and oxygen atoms in total. The van der Waals surface area contributed by atoms with E-state index in [1.807, 2.05) is 17.8 Å². The number of nitrogens with zero attached hydrogens (tertiary/aromatic N) is 4. The molecule has 0 bridgehead atoms. The van der Waals surface area contributed by atoms with Crippen molar-refractivity contribution in [3.05, 3.63) is 18.7 Å². The summed E-state index contributed by atoms with van der Waals surface area (Å²) in [6.07, 6.45) is 6.14. The summed E-state index contributed by atoms with van der Waals surface area (Å²) in [5.74, 6) is 0. The maximum Gasteiger partial charge on any atom is 0.243 e. The van der Waals surface area contributed by atoms with Crippen molar-refractivity contribution < 1.29 is 4.57 Å². The summed E-state index contributed by atoms with van der Waals surface area (Å²) in [6.45, 7) is 10.2. The Bertz CT molecular complexity index is 227. The maximum atomic E-state index is 6.50. The summed E-state index contributed by atoms with van der Waals surface area (Å²) in [4.78, 5) is 0. The van der Waals surface area contributed by atoms with Crippen LogP contribution in [0.5, 0.6) is 0 Å². The summed E-state index contributed by atoms with van der Waals surface area (Å²) in [5, 5.41) is 13.0. The van der Waals surface area contributed by atoms with Crippen LogP contribution in [0.25, 0.3) is 0 Å². The van der Waals surface area contributed by atoms with Crippen molar-refractivity contribution in [1.29, 1.82) is 10.5 Å². The van der Waals surface area contributed by atoms with Crippen molar-refractivity contribution in [3.8, 4) is 13.1 Å². The molecular weight excluding hydrogens is 152 g/mol. The van der Waals surface area contributed by atoms with Crippen LogP contribution in [-0.2, 0) is 13.6 Å². The van der Waals surface area contributed by atoms with Gasteiger partial charge in [0.05, 0.1) is 13.6 Å². The third-order valence-electron chi connectivity index (χ3n) is 1.19. The second-order valence-electron chi connectivity index (χ2n) is 1.91. The molecule has 4 heteroatoms. The zero-order valence-corrected chi connectivity index (χ0v) is 7.38.